The monoisotopic (exact) mass is 385 g/mol. The number of hydrogen-bond acceptors (Lipinski definition) is 5. The molecule has 28 heavy (non-hydrogen) atoms. The van der Waals surface area contributed by atoms with Crippen molar-refractivity contribution in [1.82, 2.24) is 19.7 Å². The van der Waals surface area contributed by atoms with Gasteiger partial charge in [0.25, 0.3) is 5.91 Å². The maximum Gasteiger partial charge on any atom is 0.254 e. The molecule has 1 unspecified atom stereocenters. The van der Waals surface area contributed by atoms with Crippen molar-refractivity contribution in [3.63, 3.8) is 0 Å². The first-order valence-electron chi connectivity index (χ1n) is 10.7. The number of carbonyl (C=O) groups is 2. The molecule has 1 aromatic heterocycles. The number of nitrogens with two attached hydrogens (primary N) is 1. The summed E-state index contributed by atoms with van der Waals surface area (Å²) in [6, 6.07) is 3.85. The van der Waals surface area contributed by atoms with Gasteiger partial charge in [-0.05, 0) is 57.2 Å². The number of anilines is 1. The summed E-state index contributed by atoms with van der Waals surface area (Å²) in [5.74, 6) is 0.937. The average Bonchev–Trinajstić information content (AvgIpc) is 3.28. The predicted octanol–water partition coefficient (Wildman–Crippen LogP) is 1.60. The molecule has 3 fully saturated rings. The van der Waals surface area contributed by atoms with Crippen molar-refractivity contribution >= 4 is 17.6 Å². The van der Waals surface area contributed by atoms with E-state index in [9.17, 15) is 9.59 Å². The average molecular weight is 386 g/mol. The Hall–Kier alpha value is -2.15. The molecule has 1 aromatic rings. The lowest BCUT2D eigenvalue weighted by atomic mass is 9.92. The SMILES string of the molecule is Nc1cc(C(=O)N2CCC(N3CCCC(C(=O)N4CCCC4)C3)CC2)ccn1. The van der Waals surface area contributed by atoms with Crippen LogP contribution in [0.15, 0.2) is 18.3 Å². The second kappa shape index (κ2) is 8.47. The summed E-state index contributed by atoms with van der Waals surface area (Å²) in [5, 5.41) is 0. The second-order valence-electron chi connectivity index (χ2n) is 8.36. The van der Waals surface area contributed by atoms with Crippen LogP contribution in [0, 0.1) is 5.92 Å². The van der Waals surface area contributed by atoms with Crippen molar-refractivity contribution in [3.05, 3.63) is 23.9 Å². The number of likely N-dealkylation sites (tertiary alicyclic amines) is 3. The summed E-state index contributed by atoms with van der Waals surface area (Å²) in [5.41, 5.74) is 6.32. The van der Waals surface area contributed by atoms with Crippen LogP contribution in [-0.4, -0.2) is 76.8 Å². The molecule has 7 heteroatoms. The highest BCUT2D eigenvalue weighted by atomic mass is 16.2. The number of hydrogen-bond donors (Lipinski definition) is 1. The van der Waals surface area contributed by atoms with Crippen LogP contribution < -0.4 is 5.73 Å². The Balaban J connectivity index is 1.30. The first-order chi connectivity index (χ1) is 13.6. The fourth-order valence-corrected chi connectivity index (χ4v) is 4.93. The third-order valence-corrected chi connectivity index (χ3v) is 6.52. The minimum atomic E-state index is 0.0354. The minimum absolute atomic E-state index is 0.0354. The van der Waals surface area contributed by atoms with Crippen LogP contribution in [0.2, 0.25) is 0 Å². The van der Waals surface area contributed by atoms with E-state index in [1.807, 2.05) is 4.90 Å². The van der Waals surface area contributed by atoms with Crippen molar-refractivity contribution in [2.75, 3.05) is 45.0 Å². The first kappa shape index (κ1) is 19.2. The van der Waals surface area contributed by atoms with Crippen LogP contribution in [0.4, 0.5) is 5.82 Å². The summed E-state index contributed by atoms with van der Waals surface area (Å²) in [7, 11) is 0. The largest absolute Gasteiger partial charge is 0.384 e. The number of amides is 2. The van der Waals surface area contributed by atoms with E-state index < -0.39 is 0 Å². The van der Waals surface area contributed by atoms with E-state index in [1.54, 1.807) is 18.3 Å². The quantitative estimate of drug-likeness (QED) is 0.855. The van der Waals surface area contributed by atoms with Gasteiger partial charge in [0.2, 0.25) is 5.91 Å². The molecule has 3 aliphatic rings. The number of carbonyl (C=O) groups excluding carboxylic acids is 2. The standard InChI is InChI=1S/C21H31N5O2/c22-19-14-16(5-8-23-19)20(27)25-12-6-18(7-13-25)26-11-3-4-17(15-26)21(28)24-9-1-2-10-24/h5,8,14,17-18H,1-4,6-7,9-13,15H2,(H2,22,23). The molecule has 3 saturated heterocycles. The van der Waals surface area contributed by atoms with Crippen molar-refractivity contribution in [2.45, 2.75) is 44.6 Å². The fraction of sp³-hybridized carbons (Fsp3) is 0.667. The number of nitrogens with zero attached hydrogens (tertiary/aromatic N) is 4. The molecule has 0 bridgehead atoms. The molecular formula is C21H31N5O2. The predicted molar refractivity (Wildman–Crippen MR) is 108 cm³/mol. The smallest absolute Gasteiger partial charge is 0.254 e. The number of piperidine rings is 2. The molecule has 0 radical (unpaired) electrons. The summed E-state index contributed by atoms with van der Waals surface area (Å²) in [6.45, 7) is 5.35. The van der Waals surface area contributed by atoms with Crippen LogP contribution in [0.1, 0.15) is 48.9 Å². The number of aromatic nitrogens is 1. The van der Waals surface area contributed by atoms with Gasteiger partial charge in [-0.1, -0.05) is 0 Å². The maximum absolute atomic E-state index is 12.8. The maximum atomic E-state index is 12.8. The highest BCUT2D eigenvalue weighted by Crippen LogP contribution is 2.26. The third-order valence-electron chi connectivity index (χ3n) is 6.52. The first-order valence-corrected chi connectivity index (χ1v) is 10.7. The van der Waals surface area contributed by atoms with E-state index in [1.165, 1.54) is 0 Å². The van der Waals surface area contributed by atoms with Crippen molar-refractivity contribution in [2.24, 2.45) is 5.92 Å². The summed E-state index contributed by atoms with van der Waals surface area (Å²) in [6.07, 6.45) is 7.94. The van der Waals surface area contributed by atoms with E-state index >= 15 is 0 Å². The van der Waals surface area contributed by atoms with E-state index in [0.717, 1.165) is 77.8 Å². The Kier molecular flexibility index (Phi) is 5.80. The molecule has 2 amide bonds. The van der Waals surface area contributed by atoms with Gasteiger partial charge in [0.05, 0.1) is 5.92 Å². The Morgan fingerprint density at radius 3 is 2.43 bits per heavy atom. The van der Waals surface area contributed by atoms with Crippen molar-refractivity contribution in [3.8, 4) is 0 Å². The van der Waals surface area contributed by atoms with Gasteiger partial charge < -0.3 is 15.5 Å². The van der Waals surface area contributed by atoms with Gasteiger partial charge in [-0.2, -0.15) is 0 Å². The lowest BCUT2D eigenvalue weighted by molar-refractivity contribution is -0.136. The molecule has 0 aromatic carbocycles. The molecule has 4 rings (SSSR count). The third kappa shape index (κ3) is 4.14. The van der Waals surface area contributed by atoms with Crippen LogP contribution in [-0.2, 0) is 4.79 Å². The zero-order valence-corrected chi connectivity index (χ0v) is 16.6. The van der Waals surface area contributed by atoms with Crippen LogP contribution in [0.5, 0.6) is 0 Å². The summed E-state index contributed by atoms with van der Waals surface area (Å²) < 4.78 is 0. The van der Waals surface area contributed by atoms with Gasteiger partial charge in [-0.3, -0.25) is 14.5 Å². The van der Waals surface area contributed by atoms with Crippen LogP contribution in [0.3, 0.4) is 0 Å². The van der Waals surface area contributed by atoms with Crippen molar-refractivity contribution in [1.29, 1.82) is 0 Å². The minimum Gasteiger partial charge on any atom is -0.384 e. The summed E-state index contributed by atoms with van der Waals surface area (Å²) in [4.78, 5) is 35.9. The lowest BCUT2D eigenvalue weighted by Crippen LogP contribution is -2.51. The molecule has 2 N–H and O–H groups in total. The summed E-state index contributed by atoms with van der Waals surface area (Å²) >= 11 is 0. The molecule has 0 spiro atoms. The highest BCUT2D eigenvalue weighted by molar-refractivity contribution is 5.94. The van der Waals surface area contributed by atoms with Crippen molar-refractivity contribution < 1.29 is 9.59 Å². The Morgan fingerprint density at radius 1 is 0.964 bits per heavy atom. The number of pyridine rings is 1. The molecular weight excluding hydrogens is 354 g/mol. The number of rotatable bonds is 3. The van der Waals surface area contributed by atoms with E-state index in [2.05, 4.69) is 14.8 Å². The normalized spacial score (nSPS) is 24.5. The van der Waals surface area contributed by atoms with Gasteiger partial charge >= 0.3 is 0 Å². The van der Waals surface area contributed by atoms with Gasteiger partial charge in [-0.15, -0.1) is 0 Å². The molecule has 1 atom stereocenters. The van der Waals surface area contributed by atoms with Crippen LogP contribution >= 0.6 is 0 Å². The fourth-order valence-electron chi connectivity index (χ4n) is 4.93. The highest BCUT2D eigenvalue weighted by Gasteiger charge is 2.34. The molecule has 152 valence electrons. The van der Waals surface area contributed by atoms with E-state index in [-0.39, 0.29) is 11.8 Å². The van der Waals surface area contributed by atoms with Gasteiger partial charge in [0, 0.05) is 50.5 Å². The van der Waals surface area contributed by atoms with E-state index in [4.69, 9.17) is 5.73 Å². The van der Waals surface area contributed by atoms with Crippen LogP contribution in [0.25, 0.3) is 0 Å². The lowest BCUT2D eigenvalue weighted by Gasteiger charge is -2.42. The van der Waals surface area contributed by atoms with Gasteiger partial charge in [-0.25, -0.2) is 4.98 Å². The molecule has 3 aliphatic heterocycles. The zero-order chi connectivity index (χ0) is 19.5. The Labute approximate surface area is 166 Å². The molecule has 0 aliphatic carbocycles. The van der Waals surface area contributed by atoms with Gasteiger partial charge in [0.1, 0.15) is 5.82 Å². The Bertz CT molecular complexity index is 711. The topological polar surface area (TPSA) is 82.8 Å². The van der Waals surface area contributed by atoms with Gasteiger partial charge in [0.15, 0.2) is 0 Å². The molecule has 4 heterocycles. The molecule has 0 saturated carbocycles. The van der Waals surface area contributed by atoms with E-state index in [0.29, 0.717) is 23.3 Å². The zero-order valence-electron chi connectivity index (χ0n) is 16.6. The second-order valence-corrected chi connectivity index (χ2v) is 8.36. The Morgan fingerprint density at radius 2 is 1.71 bits per heavy atom. The molecule has 7 nitrogen and oxygen atoms in total. The number of nitrogen functional groups attached to an aromatic ring is 1.